The largest absolute Gasteiger partial charge is 0.478 e. The summed E-state index contributed by atoms with van der Waals surface area (Å²) in [4.78, 5) is 24.7. The molecule has 0 bridgehead atoms. The van der Waals surface area contributed by atoms with Crippen molar-refractivity contribution < 1.29 is 9.90 Å². The number of carbonyl (C=O) groups is 1. The fourth-order valence-corrected chi connectivity index (χ4v) is 4.06. The zero-order valence-corrected chi connectivity index (χ0v) is 17.9. The Morgan fingerprint density at radius 3 is 2.52 bits per heavy atom. The number of aromatic nitrogens is 2. The molecule has 0 amide bonds. The van der Waals surface area contributed by atoms with E-state index in [9.17, 15) is 4.79 Å². The number of nitrogens with zero attached hydrogens (tertiary/aromatic N) is 4. The van der Waals surface area contributed by atoms with Crippen molar-refractivity contribution in [2.45, 2.75) is 31.7 Å². The summed E-state index contributed by atoms with van der Waals surface area (Å²) < 4.78 is 0. The highest BCUT2D eigenvalue weighted by atomic mass is 16.4. The molecule has 1 aliphatic heterocycles. The summed E-state index contributed by atoms with van der Waals surface area (Å²) in [5.74, 6) is 0.158. The predicted molar refractivity (Wildman–Crippen MR) is 124 cm³/mol. The van der Waals surface area contributed by atoms with Gasteiger partial charge >= 0.3 is 5.97 Å². The summed E-state index contributed by atoms with van der Waals surface area (Å²) in [6.07, 6.45) is 8.91. The summed E-state index contributed by atoms with van der Waals surface area (Å²) >= 11 is 0. The van der Waals surface area contributed by atoms with Gasteiger partial charge in [-0.1, -0.05) is 12.8 Å². The Balaban J connectivity index is 1.47. The van der Waals surface area contributed by atoms with Crippen molar-refractivity contribution in [1.29, 1.82) is 0 Å². The number of hydrogen-bond donors (Lipinski definition) is 3. The van der Waals surface area contributed by atoms with Gasteiger partial charge in [-0.05, 0) is 50.2 Å². The lowest BCUT2D eigenvalue weighted by Crippen LogP contribution is -2.44. The molecule has 1 saturated heterocycles. The van der Waals surface area contributed by atoms with E-state index in [0.29, 0.717) is 23.4 Å². The van der Waals surface area contributed by atoms with Crippen molar-refractivity contribution in [3.63, 3.8) is 0 Å². The first-order chi connectivity index (χ1) is 15.1. The van der Waals surface area contributed by atoms with Crippen LogP contribution in [0.3, 0.4) is 0 Å². The number of benzene rings is 1. The van der Waals surface area contributed by atoms with E-state index in [4.69, 9.17) is 5.11 Å². The molecule has 0 atom stereocenters. The van der Waals surface area contributed by atoms with Crippen LogP contribution in [0.25, 0.3) is 6.08 Å². The third-order valence-electron chi connectivity index (χ3n) is 5.91. The maximum Gasteiger partial charge on any atom is 0.328 e. The second kappa shape index (κ2) is 9.78. The lowest BCUT2D eigenvalue weighted by molar-refractivity contribution is -0.131. The molecule has 1 aliphatic carbocycles. The maximum atomic E-state index is 10.9. The Hall–Kier alpha value is -3.13. The van der Waals surface area contributed by atoms with Gasteiger partial charge in [0.05, 0.1) is 0 Å². The lowest BCUT2D eigenvalue weighted by Gasteiger charge is -2.34. The van der Waals surface area contributed by atoms with Crippen molar-refractivity contribution in [3.05, 3.63) is 42.1 Å². The first-order valence-corrected chi connectivity index (χ1v) is 10.9. The minimum absolute atomic E-state index is 0.364. The Labute approximate surface area is 183 Å². The number of nitrogens with one attached hydrogen (secondary N) is 2. The predicted octanol–water partition coefficient (Wildman–Crippen LogP) is 3.42. The third-order valence-corrected chi connectivity index (χ3v) is 5.91. The number of piperazine rings is 1. The molecule has 164 valence electrons. The number of carboxylic acids is 1. The van der Waals surface area contributed by atoms with Gasteiger partial charge in [0.25, 0.3) is 0 Å². The fourth-order valence-electron chi connectivity index (χ4n) is 4.06. The molecule has 2 heterocycles. The standard InChI is InChI=1S/C23H30N6O2/c1-28-12-14-29(15-13-28)20-9-7-19(8-10-20)26-23-24-16-17(6-11-21(30)31)22(27-23)25-18-4-2-3-5-18/h6-11,16,18H,2-5,12-15H2,1H3,(H,30,31)(H2,24,25,26,27). The first-order valence-electron chi connectivity index (χ1n) is 10.9. The van der Waals surface area contributed by atoms with E-state index in [1.807, 2.05) is 12.1 Å². The fraction of sp³-hybridized carbons (Fsp3) is 0.435. The number of likely N-dealkylation sites (N-methyl/N-ethyl adjacent to an activating group) is 1. The summed E-state index contributed by atoms with van der Waals surface area (Å²) in [7, 11) is 2.16. The van der Waals surface area contributed by atoms with E-state index >= 15 is 0 Å². The van der Waals surface area contributed by atoms with Gasteiger partial charge in [-0.15, -0.1) is 0 Å². The van der Waals surface area contributed by atoms with E-state index in [1.165, 1.54) is 24.6 Å². The van der Waals surface area contributed by atoms with Crippen LogP contribution in [0.1, 0.15) is 31.2 Å². The van der Waals surface area contributed by atoms with Crippen LogP contribution in [0.15, 0.2) is 36.5 Å². The molecule has 2 fully saturated rings. The Kier molecular flexibility index (Phi) is 6.66. The van der Waals surface area contributed by atoms with Crippen LogP contribution in [0, 0.1) is 0 Å². The van der Waals surface area contributed by atoms with Gasteiger partial charge in [-0.3, -0.25) is 0 Å². The van der Waals surface area contributed by atoms with E-state index < -0.39 is 5.97 Å². The van der Waals surface area contributed by atoms with Gasteiger partial charge in [0, 0.05) is 61.4 Å². The van der Waals surface area contributed by atoms with Gasteiger partial charge in [0.15, 0.2) is 0 Å². The van der Waals surface area contributed by atoms with Gasteiger partial charge in [0.2, 0.25) is 5.95 Å². The number of hydrogen-bond acceptors (Lipinski definition) is 7. The highest BCUT2D eigenvalue weighted by molar-refractivity contribution is 5.86. The topological polar surface area (TPSA) is 93.6 Å². The van der Waals surface area contributed by atoms with Gasteiger partial charge < -0.3 is 25.5 Å². The van der Waals surface area contributed by atoms with Crippen LogP contribution in [0.4, 0.5) is 23.1 Å². The monoisotopic (exact) mass is 422 g/mol. The Morgan fingerprint density at radius 1 is 1.13 bits per heavy atom. The minimum atomic E-state index is -0.991. The number of rotatable bonds is 7. The Morgan fingerprint density at radius 2 is 1.84 bits per heavy atom. The molecule has 3 N–H and O–H groups in total. The molecule has 0 spiro atoms. The molecule has 1 aromatic heterocycles. The summed E-state index contributed by atoms with van der Waals surface area (Å²) in [5, 5.41) is 15.7. The molecule has 2 aliphatic rings. The molecular weight excluding hydrogens is 392 g/mol. The molecule has 31 heavy (non-hydrogen) atoms. The lowest BCUT2D eigenvalue weighted by atomic mass is 10.2. The van der Waals surface area contributed by atoms with E-state index in [-0.39, 0.29) is 0 Å². The molecule has 2 aromatic rings. The van der Waals surface area contributed by atoms with Crippen molar-refractivity contribution in [2.75, 3.05) is 48.8 Å². The Bertz CT molecular complexity index is 916. The summed E-state index contributed by atoms with van der Waals surface area (Å²) in [6.45, 7) is 4.22. The van der Waals surface area contributed by atoms with Crippen LogP contribution in [-0.2, 0) is 4.79 Å². The average molecular weight is 423 g/mol. The molecule has 1 aromatic carbocycles. The molecule has 0 unspecified atom stereocenters. The average Bonchev–Trinajstić information content (AvgIpc) is 3.27. The molecular formula is C23H30N6O2. The quantitative estimate of drug-likeness (QED) is 0.585. The normalized spacial score (nSPS) is 17.9. The molecule has 1 saturated carbocycles. The minimum Gasteiger partial charge on any atom is -0.478 e. The van der Waals surface area contributed by atoms with E-state index in [0.717, 1.165) is 50.8 Å². The van der Waals surface area contributed by atoms with Crippen molar-refractivity contribution in [2.24, 2.45) is 0 Å². The van der Waals surface area contributed by atoms with Gasteiger partial charge in [0.1, 0.15) is 5.82 Å². The zero-order valence-electron chi connectivity index (χ0n) is 17.9. The van der Waals surface area contributed by atoms with Gasteiger partial charge in [-0.25, -0.2) is 9.78 Å². The van der Waals surface area contributed by atoms with Crippen molar-refractivity contribution in [3.8, 4) is 0 Å². The van der Waals surface area contributed by atoms with E-state index in [1.54, 1.807) is 6.20 Å². The summed E-state index contributed by atoms with van der Waals surface area (Å²) in [5.41, 5.74) is 2.81. The van der Waals surface area contributed by atoms with Crippen LogP contribution in [-0.4, -0.2) is 65.2 Å². The highest BCUT2D eigenvalue weighted by Gasteiger charge is 2.17. The zero-order chi connectivity index (χ0) is 21.6. The van der Waals surface area contributed by atoms with E-state index in [2.05, 4.69) is 49.6 Å². The highest BCUT2D eigenvalue weighted by Crippen LogP contribution is 2.26. The van der Waals surface area contributed by atoms with Crippen LogP contribution in [0.2, 0.25) is 0 Å². The van der Waals surface area contributed by atoms with Crippen LogP contribution >= 0.6 is 0 Å². The third kappa shape index (κ3) is 5.73. The molecule has 4 rings (SSSR count). The smallest absolute Gasteiger partial charge is 0.328 e. The van der Waals surface area contributed by atoms with Crippen LogP contribution < -0.4 is 15.5 Å². The van der Waals surface area contributed by atoms with Crippen LogP contribution in [0.5, 0.6) is 0 Å². The second-order valence-corrected chi connectivity index (χ2v) is 8.26. The van der Waals surface area contributed by atoms with Gasteiger partial charge in [-0.2, -0.15) is 4.98 Å². The summed E-state index contributed by atoms with van der Waals surface area (Å²) in [6, 6.07) is 8.69. The SMILES string of the molecule is CN1CCN(c2ccc(Nc3ncc(C=CC(=O)O)c(NC4CCCC4)n3)cc2)CC1. The molecule has 0 radical (unpaired) electrons. The second-order valence-electron chi connectivity index (χ2n) is 8.26. The number of anilines is 4. The molecule has 8 nitrogen and oxygen atoms in total. The van der Waals surface area contributed by atoms with Crippen molar-refractivity contribution in [1.82, 2.24) is 14.9 Å². The van der Waals surface area contributed by atoms with Crippen molar-refractivity contribution >= 4 is 35.2 Å². The molecule has 8 heteroatoms. The number of carboxylic acid groups (broad SMARTS) is 1. The maximum absolute atomic E-state index is 10.9. The first kappa shape index (κ1) is 21.1. The number of aliphatic carboxylic acids is 1.